The van der Waals surface area contributed by atoms with Crippen molar-refractivity contribution in [2.45, 2.75) is 13.3 Å². The highest BCUT2D eigenvalue weighted by Gasteiger charge is 2.03. The van der Waals surface area contributed by atoms with Crippen molar-refractivity contribution < 1.29 is 19.7 Å². The van der Waals surface area contributed by atoms with Gasteiger partial charge in [0.25, 0.3) is 0 Å². The molecule has 1 rings (SSSR count). The van der Waals surface area contributed by atoms with E-state index in [1.165, 1.54) is 0 Å². The van der Waals surface area contributed by atoms with Gasteiger partial charge < -0.3 is 19.7 Å². The van der Waals surface area contributed by atoms with Crippen molar-refractivity contribution in [3.8, 4) is 11.5 Å². The summed E-state index contributed by atoms with van der Waals surface area (Å²) in [7, 11) is 0. The molecule has 0 spiro atoms. The van der Waals surface area contributed by atoms with Gasteiger partial charge >= 0.3 is 0 Å². The summed E-state index contributed by atoms with van der Waals surface area (Å²) in [5, 5.41) is 17.2. The van der Waals surface area contributed by atoms with Gasteiger partial charge in [-0.05, 0) is 18.1 Å². The number of aliphatic hydroxyl groups is 2. The second-order valence-corrected chi connectivity index (χ2v) is 2.67. The molecule has 1 aromatic rings. The van der Waals surface area contributed by atoms with Crippen LogP contribution in [0.25, 0.3) is 0 Å². The van der Waals surface area contributed by atoms with E-state index in [1.807, 2.05) is 13.0 Å². The molecule has 0 amide bonds. The molecular formula is C10H14O4. The van der Waals surface area contributed by atoms with Crippen molar-refractivity contribution in [2.75, 3.05) is 13.6 Å². The molecule has 4 heteroatoms. The Hall–Kier alpha value is -1.26. The molecule has 0 aromatic heterocycles. The van der Waals surface area contributed by atoms with E-state index in [4.69, 9.17) is 19.7 Å². The number of hydrogen-bond acceptors (Lipinski definition) is 4. The number of aliphatic hydroxyl groups excluding tert-OH is 2. The molecule has 0 atom stereocenters. The standard InChI is InChI=1S/C10H14O4/c1-2-8-3-4-9(13-6-11)5-10(8)14-7-12/h3-5,11-12H,2,6-7H2,1H3. The highest BCUT2D eigenvalue weighted by Crippen LogP contribution is 2.25. The number of ether oxygens (including phenoxy) is 2. The number of rotatable bonds is 5. The van der Waals surface area contributed by atoms with Gasteiger partial charge in [-0.1, -0.05) is 13.0 Å². The second kappa shape index (κ2) is 5.47. The third-order valence-electron chi connectivity index (χ3n) is 1.87. The van der Waals surface area contributed by atoms with Crippen LogP contribution < -0.4 is 9.47 Å². The van der Waals surface area contributed by atoms with Crippen LogP contribution in [-0.2, 0) is 6.42 Å². The fraction of sp³-hybridized carbons (Fsp3) is 0.400. The Morgan fingerprint density at radius 1 is 1.14 bits per heavy atom. The normalized spacial score (nSPS) is 9.93. The predicted molar refractivity (Wildman–Crippen MR) is 51.2 cm³/mol. The Bertz CT molecular complexity index is 285. The van der Waals surface area contributed by atoms with E-state index < -0.39 is 0 Å². The molecule has 2 N–H and O–H groups in total. The lowest BCUT2D eigenvalue weighted by Gasteiger charge is -2.10. The Balaban J connectivity index is 2.88. The van der Waals surface area contributed by atoms with Crippen LogP contribution in [0.4, 0.5) is 0 Å². The van der Waals surface area contributed by atoms with E-state index in [0.29, 0.717) is 11.5 Å². The summed E-state index contributed by atoms with van der Waals surface area (Å²) in [6.45, 7) is 1.26. The van der Waals surface area contributed by atoms with Crippen LogP contribution in [0, 0.1) is 0 Å². The molecule has 0 aliphatic rings. The van der Waals surface area contributed by atoms with Crippen LogP contribution in [0.2, 0.25) is 0 Å². The van der Waals surface area contributed by atoms with Gasteiger partial charge in [-0.2, -0.15) is 0 Å². The fourth-order valence-electron chi connectivity index (χ4n) is 1.20. The lowest BCUT2D eigenvalue weighted by Crippen LogP contribution is -2.00. The smallest absolute Gasteiger partial charge is 0.186 e. The van der Waals surface area contributed by atoms with Gasteiger partial charge in [0.2, 0.25) is 0 Å². The van der Waals surface area contributed by atoms with Gasteiger partial charge in [0.1, 0.15) is 11.5 Å². The summed E-state index contributed by atoms with van der Waals surface area (Å²) in [5.41, 5.74) is 0.990. The Kier molecular flexibility index (Phi) is 4.22. The number of aryl methyl sites for hydroxylation is 1. The summed E-state index contributed by atoms with van der Waals surface area (Å²) in [5.74, 6) is 1.11. The van der Waals surface area contributed by atoms with Crippen LogP contribution in [0.3, 0.4) is 0 Å². The van der Waals surface area contributed by atoms with Crippen molar-refractivity contribution in [3.63, 3.8) is 0 Å². The summed E-state index contributed by atoms with van der Waals surface area (Å²) >= 11 is 0. The minimum Gasteiger partial charge on any atom is -0.468 e. The van der Waals surface area contributed by atoms with Crippen LogP contribution >= 0.6 is 0 Å². The van der Waals surface area contributed by atoms with Crippen LogP contribution in [-0.4, -0.2) is 23.8 Å². The Labute approximate surface area is 82.7 Å². The van der Waals surface area contributed by atoms with Gasteiger partial charge in [0.15, 0.2) is 13.6 Å². The second-order valence-electron chi connectivity index (χ2n) is 2.67. The topological polar surface area (TPSA) is 58.9 Å². The zero-order chi connectivity index (χ0) is 10.4. The monoisotopic (exact) mass is 198 g/mol. The summed E-state index contributed by atoms with van der Waals surface area (Å²) in [4.78, 5) is 0. The lowest BCUT2D eigenvalue weighted by atomic mass is 10.1. The molecule has 0 saturated carbocycles. The van der Waals surface area contributed by atoms with E-state index >= 15 is 0 Å². The van der Waals surface area contributed by atoms with Gasteiger partial charge in [0.05, 0.1) is 0 Å². The molecule has 0 unspecified atom stereocenters. The minimum atomic E-state index is -0.371. The quantitative estimate of drug-likeness (QED) is 0.690. The van der Waals surface area contributed by atoms with Crippen LogP contribution in [0.5, 0.6) is 11.5 Å². The molecular weight excluding hydrogens is 184 g/mol. The number of hydrogen-bond donors (Lipinski definition) is 2. The maximum atomic E-state index is 8.65. The highest BCUT2D eigenvalue weighted by atomic mass is 16.6. The third-order valence-corrected chi connectivity index (χ3v) is 1.87. The van der Waals surface area contributed by atoms with Gasteiger partial charge in [-0.25, -0.2) is 0 Å². The first-order chi connectivity index (χ1) is 6.81. The van der Waals surface area contributed by atoms with Crippen molar-refractivity contribution in [1.29, 1.82) is 0 Å². The largest absolute Gasteiger partial charge is 0.468 e. The first-order valence-electron chi connectivity index (χ1n) is 4.42. The van der Waals surface area contributed by atoms with Crippen LogP contribution in [0.15, 0.2) is 18.2 Å². The fourth-order valence-corrected chi connectivity index (χ4v) is 1.20. The Morgan fingerprint density at radius 3 is 2.43 bits per heavy atom. The molecule has 0 aliphatic heterocycles. The first-order valence-corrected chi connectivity index (χ1v) is 4.42. The van der Waals surface area contributed by atoms with Gasteiger partial charge in [-0.15, -0.1) is 0 Å². The Morgan fingerprint density at radius 2 is 1.86 bits per heavy atom. The van der Waals surface area contributed by atoms with Gasteiger partial charge in [-0.3, -0.25) is 0 Å². The van der Waals surface area contributed by atoms with Gasteiger partial charge in [0, 0.05) is 6.07 Å². The summed E-state index contributed by atoms with van der Waals surface area (Å²) in [6.07, 6.45) is 0.814. The van der Waals surface area contributed by atoms with E-state index in [1.54, 1.807) is 12.1 Å². The molecule has 0 radical (unpaired) electrons. The van der Waals surface area contributed by atoms with Crippen molar-refractivity contribution in [3.05, 3.63) is 23.8 Å². The molecule has 0 saturated heterocycles. The SMILES string of the molecule is CCc1ccc(OCO)cc1OCO. The molecule has 14 heavy (non-hydrogen) atoms. The lowest BCUT2D eigenvalue weighted by molar-refractivity contribution is 0.0915. The molecule has 78 valence electrons. The molecule has 0 aliphatic carbocycles. The zero-order valence-corrected chi connectivity index (χ0v) is 8.06. The molecule has 4 nitrogen and oxygen atoms in total. The predicted octanol–water partition coefficient (Wildman–Crippen LogP) is 0.906. The van der Waals surface area contributed by atoms with Crippen molar-refractivity contribution >= 4 is 0 Å². The average molecular weight is 198 g/mol. The minimum absolute atomic E-state index is 0.365. The molecule has 0 fully saturated rings. The molecule has 0 heterocycles. The zero-order valence-electron chi connectivity index (χ0n) is 8.06. The average Bonchev–Trinajstić information content (AvgIpc) is 2.19. The first kappa shape index (κ1) is 10.8. The van der Waals surface area contributed by atoms with E-state index in [-0.39, 0.29) is 13.6 Å². The third kappa shape index (κ3) is 2.61. The molecule has 1 aromatic carbocycles. The maximum absolute atomic E-state index is 8.65. The van der Waals surface area contributed by atoms with Crippen molar-refractivity contribution in [2.24, 2.45) is 0 Å². The maximum Gasteiger partial charge on any atom is 0.186 e. The van der Waals surface area contributed by atoms with E-state index in [0.717, 1.165) is 12.0 Å². The summed E-state index contributed by atoms with van der Waals surface area (Å²) in [6, 6.07) is 5.24. The highest BCUT2D eigenvalue weighted by molar-refractivity contribution is 5.40. The van der Waals surface area contributed by atoms with Crippen LogP contribution in [0.1, 0.15) is 12.5 Å². The van der Waals surface area contributed by atoms with E-state index in [9.17, 15) is 0 Å². The number of benzene rings is 1. The van der Waals surface area contributed by atoms with Crippen molar-refractivity contribution in [1.82, 2.24) is 0 Å². The summed E-state index contributed by atoms with van der Waals surface area (Å²) < 4.78 is 9.90. The molecule has 0 bridgehead atoms. The van der Waals surface area contributed by atoms with E-state index in [2.05, 4.69) is 0 Å².